The quantitative estimate of drug-likeness (QED) is 0.398. The first-order valence-corrected chi connectivity index (χ1v) is 10.1. The van der Waals surface area contributed by atoms with Gasteiger partial charge in [-0.2, -0.15) is 0 Å². The molecule has 1 amide bonds. The molecule has 1 unspecified atom stereocenters. The molecule has 0 aromatic rings. The van der Waals surface area contributed by atoms with Crippen LogP contribution in [0.15, 0.2) is 4.99 Å². The third-order valence-corrected chi connectivity index (χ3v) is 4.90. The minimum absolute atomic E-state index is 0.0613. The first-order valence-electron chi connectivity index (χ1n) is 10.1. The minimum Gasteiger partial charge on any atom is -0.379 e. The number of hydrogen-bond acceptors (Lipinski definition) is 4. The number of amides is 1. The van der Waals surface area contributed by atoms with Gasteiger partial charge in [0.1, 0.15) is 0 Å². The van der Waals surface area contributed by atoms with E-state index in [4.69, 9.17) is 4.74 Å². The summed E-state index contributed by atoms with van der Waals surface area (Å²) in [6.07, 6.45) is 2.78. The summed E-state index contributed by atoms with van der Waals surface area (Å²) in [5.41, 5.74) is 0. The fourth-order valence-electron chi connectivity index (χ4n) is 3.45. The van der Waals surface area contributed by atoms with Gasteiger partial charge in [-0.3, -0.25) is 14.7 Å². The highest BCUT2D eigenvalue weighted by molar-refractivity contribution is 5.81. The number of carbonyl (C=O) groups excluding carboxylic acids is 1. The van der Waals surface area contributed by atoms with Crippen LogP contribution in [0.3, 0.4) is 0 Å². The van der Waals surface area contributed by atoms with Gasteiger partial charge in [-0.05, 0) is 19.8 Å². The van der Waals surface area contributed by atoms with Gasteiger partial charge in [0, 0.05) is 51.7 Å². The van der Waals surface area contributed by atoms with Crippen LogP contribution in [0, 0.1) is 5.92 Å². The van der Waals surface area contributed by atoms with Gasteiger partial charge < -0.3 is 20.7 Å². The van der Waals surface area contributed by atoms with Crippen LogP contribution in [0.4, 0.5) is 0 Å². The summed E-state index contributed by atoms with van der Waals surface area (Å²) in [4.78, 5) is 18.6. The molecule has 7 nitrogen and oxygen atoms in total. The van der Waals surface area contributed by atoms with Gasteiger partial charge in [-0.25, -0.2) is 0 Å². The molecule has 7 heteroatoms. The van der Waals surface area contributed by atoms with E-state index in [9.17, 15) is 4.79 Å². The highest BCUT2D eigenvalue weighted by atomic mass is 16.5. The van der Waals surface area contributed by atoms with E-state index in [2.05, 4.69) is 39.7 Å². The lowest BCUT2D eigenvalue weighted by Crippen LogP contribution is -2.53. The van der Waals surface area contributed by atoms with Crippen molar-refractivity contribution in [2.45, 2.75) is 59.0 Å². The molecule has 1 atom stereocenters. The Kier molecular flexibility index (Phi) is 11.3. The summed E-state index contributed by atoms with van der Waals surface area (Å²) in [6, 6.07) is 0.644. The third kappa shape index (κ3) is 8.36. The van der Waals surface area contributed by atoms with Gasteiger partial charge in [0.05, 0.1) is 13.2 Å². The minimum atomic E-state index is 0.0613. The van der Waals surface area contributed by atoms with Gasteiger partial charge in [-0.15, -0.1) is 0 Å². The Morgan fingerprint density at radius 1 is 1.15 bits per heavy atom. The van der Waals surface area contributed by atoms with E-state index in [0.717, 1.165) is 38.8 Å². The second-order valence-electron chi connectivity index (χ2n) is 7.14. The van der Waals surface area contributed by atoms with Gasteiger partial charge in [-0.1, -0.05) is 26.7 Å². The molecule has 0 bridgehead atoms. The fourth-order valence-corrected chi connectivity index (χ4v) is 3.45. The lowest BCUT2D eigenvalue weighted by molar-refractivity contribution is -0.121. The Bertz CT molecular complexity index is 418. The predicted molar refractivity (Wildman–Crippen MR) is 108 cm³/mol. The number of nitrogens with one attached hydrogen (secondary N) is 3. The van der Waals surface area contributed by atoms with Crippen molar-refractivity contribution in [3.05, 3.63) is 0 Å². The Labute approximate surface area is 159 Å². The van der Waals surface area contributed by atoms with Crippen molar-refractivity contribution in [1.29, 1.82) is 0 Å². The van der Waals surface area contributed by atoms with Gasteiger partial charge in [0.2, 0.25) is 5.91 Å². The summed E-state index contributed by atoms with van der Waals surface area (Å²) in [7, 11) is 1.77. The number of carbonyl (C=O) groups is 1. The Balaban J connectivity index is 2.49. The Morgan fingerprint density at radius 2 is 1.81 bits per heavy atom. The first kappa shape index (κ1) is 22.7. The van der Waals surface area contributed by atoms with Crippen molar-refractivity contribution < 1.29 is 9.53 Å². The monoisotopic (exact) mass is 369 g/mol. The summed E-state index contributed by atoms with van der Waals surface area (Å²) in [6.45, 7) is 13.5. The summed E-state index contributed by atoms with van der Waals surface area (Å²) >= 11 is 0. The van der Waals surface area contributed by atoms with E-state index in [-0.39, 0.29) is 11.9 Å². The van der Waals surface area contributed by atoms with Crippen molar-refractivity contribution in [3.8, 4) is 0 Å². The number of nitrogens with zero attached hydrogens (tertiary/aromatic N) is 2. The van der Waals surface area contributed by atoms with Crippen LogP contribution < -0.4 is 16.0 Å². The molecule has 0 spiro atoms. The van der Waals surface area contributed by atoms with Gasteiger partial charge >= 0.3 is 0 Å². The summed E-state index contributed by atoms with van der Waals surface area (Å²) in [5.74, 6) is 1.47. The summed E-state index contributed by atoms with van der Waals surface area (Å²) < 4.78 is 5.51. The molecule has 0 radical (unpaired) electrons. The van der Waals surface area contributed by atoms with Crippen LogP contribution >= 0.6 is 0 Å². The first-order chi connectivity index (χ1) is 12.5. The second-order valence-corrected chi connectivity index (χ2v) is 7.14. The van der Waals surface area contributed by atoms with E-state index in [1.807, 2.05) is 13.8 Å². The lowest BCUT2D eigenvalue weighted by Gasteiger charge is -2.39. The van der Waals surface area contributed by atoms with E-state index < -0.39 is 0 Å². The van der Waals surface area contributed by atoms with Crippen molar-refractivity contribution in [2.75, 3.05) is 46.4 Å². The number of morpholine rings is 1. The maximum absolute atomic E-state index is 11.7. The molecule has 152 valence electrons. The van der Waals surface area contributed by atoms with E-state index in [1.165, 1.54) is 12.8 Å². The topological polar surface area (TPSA) is 78.0 Å². The number of hydrogen-bond donors (Lipinski definition) is 3. The van der Waals surface area contributed by atoms with Crippen LogP contribution in [0.25, 0.3) is 0 Å². The van der Waals surface area contributed by atoms with E-state index >= 15 is 0 Å². The number of ether oxygens (including phenoxy) is 1. The molecule has 0 aromatic heterocycles. The second kappa shape index (κ2) is 12.9. The van der Waals surface area contributed by atoms with Crippen LogP contribution in [-0.2, 0) is 9.53 Å². The largest absolute Gasteiger partial charge is 0.379 e. The molecule has 1 aliphatic heterocycles. The van der Waals surface area contributed by atoms with Crippen molar-refractivity contribution in [3.63, 3.8) is 0 Å². The number of aliphatic imine (C=N–C) groups is 1. The average Bonchev–Trinajstić information content (AvgIpc) is 2.63. The predicted octanol–water partition coefficient (Wildman–Crippen LogP) is 1.20. The van der Waals surface area contributed by atoms with Crippen LogP contribution in [0.1, 0.15) is 47.0 Å². The van der Waals surface area contributed by atoms with Crippen molar-refractivity contribution >= 4 is 11.9 Å². The molecule has 1 aliphatic rings. The molecule has 1 saturated heterocycles. The molecule has 0 aliphatic carbocycles. The average molecular weight is 370 g/mol. The van der Waals surface area contributed by atoms with Gasteiger partial charge in [0.25, 0.3) is 0 Å². The molecule has 3 N–H and O–H groups in total. The molecule has 1 rings (SSSR count). The molecule has 1 heterocycles. The standard InChI is InChI=1S/C19H39N5O2/c1-6-16(7-2)17(24-10-12-26-13-11-24)14-22-19(20-5)21-9-8-18(25)23-15(3)4/h15-17H,6-14H2,1-5H3,(H,23,25)(H2,20,21,22). The zero-order valence-electron chi connectivity index (χ0n) is 17.3. The SMILES string of the molecule is CCC(CC)C(CNC(=NC)NCCC(=O)NC(C)C)N1CCOCC1. The molecule has 0 saturated carbocycles. The van der Waals surface area contributed by atoms with Crippen molar-refractivity contribution in [1.82, 2.24) is 20.9 Å². The fraction of sp³-hybridized carbons (Fsp3) is 0.895. The molecule has 0 aromatic carbocycles. The smallest absolute Gasteiger partial charge is 0.221 e. The maximum atomic E-state index is 11.7. The third-order valence-electron chi connectivity index (χ3n) is 4.90. The zero-order valence-corrected chi connectivity index (χ0v) is 17.3. The van der Waals surface area contributed by atoms with Crippen LogP contribution in [-0.4, -0.2) is 75.3 Å². The van der Waals surface area contributed by atoms with Gasteiger partial charge in [0.15, 0.2) is 5.96 Å². The maximum Gasteiger partial charge on any atom is 0.221 e. The van der Waals surface area contributed by atoms with E-state index in [0.29, 0.717) is 24.9 Å². The highest BCUT2D eigenvalue weighted by Crippen LogP contribution is 2.19. The molecule has 1 fully saturated rings. The molecular weight excluding hydrogens is 330 g/mol. The number of rotatable bonds is 10. The summed E-state index contributed by atoms with van der Waals surface area (Å²) in [5, 5.41) is 9.60. The van der Waals surface area contributed by atoms with Crippen LogP contribution in [0.5, 0.6) is 0 Å². The zero-order chi connectivity index (χ0) is 19.4. The lowest BCUT2D eigenvalue weighted by atomic mass is 9.92. The highest BCUT2D eigenvalue weighted by Gasteiger charge is 2.26. The molecular formula is C19H39N5O2. The Hall–Kier alpha value is -1.34. The Morgan fingerprint density at radius 3 is 2.35 bits per heavy atom. The normalized spacial score (nSPS) is 17.4. The van der Waals surface area contributed by atoms with Crippen LogP contribution in [0.2, 0.25) is 0 Å². The molecule has 26 heavy (non-hydrogen) atoms. The van der Waals surface area contributed by atoms with Crippen molar-refractivity contribution in [2.24, 2.45) is 10.9 Å². The number of guanidine groups is 1. The van der Waals surface area contributed by atoms with E-state index in [1.54, 1.807) is 7.05 Å².